The zero-order valence-electron chi connectivity index (χ0n) is 18.9. The number of anilines is 2. The van der Waals surface area contributed by atoms with Gasteiger partial charge < -0.3 is 15.1 Å². The normalized spacial score (nSPS) is 13.7. The highest BCUT2D eigenvalue weighted by Crippen LogP contribution is 2.27. The predicted octanol–water partition coefficient (Wildman–Crippen LogP) is 6.47. The van der Waals surface area contributed by atoms with Crippen molar-refractivity contribution in [2.45, 2.75) is 0 Å². The Morgan fingerprint density at radius 1 is 0.771 bits per heavy atom. The first-order chi connectivity index (χ1) is 17.0. The molecule has 0 saturated carbocycles. The number of piperazine rings is 1. The molecule has 35 heavy (non-hydrogen) atoms. The second-order valence-electron chi connectivity index (χ2n) is 8.43. The molecule has 1 fully saturated rings. The van der Waals surface area contributed by atoms with Crippen LogP contribution in [0.1, 0.15) is 20.7 Å². The molecular formula is C28H23BrClN3O2. The van der Waals surface area contributed by atoms with Crippen LogP contribution in [0.15, 0.2) is 89.4 Å². The van der Waals surface area contributed by atoms with E-state index in [2.05, 4.69) is 26.1 Å². The molecule has 1 aliphatic rings. The molecular weight excluding hydrogens is 526 g/mol. The maximum absolute atomic E-state index is 13.0. The molecule has 7 heteroatoms. The molecule has 0 aromatic heterocycles. The third-order valence-electron chi connectivity index (χ3n) is 6.26. The molecule has 1 saturated heterocycles. The van der Waals surface area contributed by atoms with Gasteiger partial charge in [-0.1, -0.05) is 51.8 Å². The fraction of sp³-hybridized carbons (Fsp3) is 0.143. The molecule has 176 valence electrons. The molecule has 1 heterocycles. The summed E-state index contributed by atoms with van der Waals surface area (Å²) in [6, 6.07) is 26.4. The Balaban J connectivity index is 1.21. The van der Waals surface area contributed by atoms with Crippen LogP contribution in [-0.2, 0) is 0 Å². The lowest BCUT2D eigenvalue weighted by atomic mass is 10.0. The second kappa shape index (κ2) is 10.1. The average molecular weight is 549 g/mol. The summed E-state index contributed by atoms with van der Waals surface area (Å²) in [6.07, 6.45) is 0. The van der Waals surface area contributed by atoms with Crippen molar-refractivity contribution in [3.8, 4) is 0 Å². The number of benzene rings is 4. The van der Waals surface area contributed by atoms with Gasteiger partial charge in [-0.15, -0.1) is 0 Å². The van der Waals surface area contributed by atoms with Gasteiger partial charge in [-0.3, -0.25) is 9.59 Å². The summed E-state index contributed by atoms with van der Waals surface area (Å²) >= 11 is 9.49. The van der Waals surface area contributed by atoms with E-state index in [0.717, 1.165) is 39.7 Å². The number of nitrogens with one attached hydrogen (secondary N) is 1. The largest absolute Gasteiger partial charge is 0.368 e. The van der Waals surface area contributed by atoms with Crippen LogP contribution in [-0.4, -0.2) is 42.9 Å². The third-order valence-corrected chi connectivity index (χ3v) is 7.21. The Labute approximate surface area is 217 Å². The summed E-state index contributed by atoms with van der Waals surface area (Å²) in [5.74, 6) is -0.115. The fourth-order valence-corrected chi connectivity index (χ4v) is 4.99. The van der Waals surface area contributed by atoms with Gasteiger partial charge in [-0.05, 0) is 71.4 Å². The minimum absolute atomic E-state index is 0.0276. The Hall–Kier alpha value is -3.35. The van der Waals surface area contributed by atoms with E-state index in [9.17, 15) is 9.59 Å². The monoisotopic (exact) mass is 547 g/mol. The molecule has 0 spiro atoms. The van der Waals surface area contributed by atoms with Gasteiger partial charge in [0.2, 0.25) is 0 Å². The van der Waals surface area contributed by atoms with Crippen molar-refractivity contribution < 1.29 is 9.59 Å². The topological polar surface area (TPSA) is 52.7 Å². The quantitative estimate of drug-likeness (QED) is 0.318. The van der Waals surface area contributed by atoms with Crippen LogP contribution < -0.4 is 10.2 Å². The standard InChI is InChI=1S/C28H23BrClN3O2/c29-26-6-2-3-23-24(26)4-1-5-25(23)27(34)31-21-11-13-22(14-12-21)32-15-17-33(18-16-32)28(35)19-7-9-20(30)10-8-19/h1-14H,15-18H2,(H,31,34). The number of hydrogen-bond acceptors (Lipinski definition) is 3. The summed E-state index contributed by atoms with van der Waals surface area (Å²) in [7, 11) is 0. The van der Waals surface area contributed by atoms with Gasteiger partial charge in [0.05, 0.1) is 0 Å². The molecule has 5 nitrogen and oxygen atoms in total. The predicted molar refractivity (Wildman–Crippen MR) is 146 cm³/mol. The van der Waals surface area contributed by atoms with E-state index in [1.165, 1.54) is 0 Å². The van der Waals surface area contributed by atoms with Gasteiger partial charge in [-0.2, -0.15) is 0 Å². The van der Waals surface area contributed by atoms with Crippen LogP contribution >= 0.6 is 27.5 Å². The molecule has 2 amide bonds. The van der Waals surface area contributed by atoms with Gasteiger partial charge >= 0.3 is 0 Å². The van der Waals surface area contributed by atoms with Crippen LogP contribution in [0.4, 0.5) is 11.4 Å². The first-order valence-electron chi connectivity index (χ1n) is 11.4. The van der Waals surface area contributed by atoms with Crippen molar-refractivity contribution in [2.24, 2.45) is 0 Å². The number of hydrogen-bond donors (Lipinski definition) is 1. The number of amides is 2. The maximum atomic E-state index is 13.0. The minimum Gasteiger partial charge on any atom is -0.368 e. The highest BCUT2D eigenvalue weighted by Gasteiger charge is 2.22. The Morgan fingerprint density at radius 2 is 1.43 bits per heavy atom. The summed E-state index contributed by atoms with van der Waals surface area (Å²) in [4.78, 5) is 29.8. The summed E-state index contributed by atoms with van der Waals surface area (Å²) in [6.45, 7) is 2.79. The van der Waals surface area contributed by atoms with Crippen molar-refractivity contribution in [3.05, 3.63) is 106 Å². The minimum atomic E-state index is -0.143. The SMILES string of the molecule is O=C(Nc1ccc(N2CCN(C(=O)c3ccc(Cl)cc3)CC2)cc1)c1cccc2c(Br)cccc12. The lowest BCUT2D eigenvalue weighted by Gasteiger charge is -2.36. The molecule has 4 aromatic carbocycles. The third kappa shape index (κ3) is 5.04. The van der Waals surface area contributed by atoms with E-state index >= 15 is 0 Å². The van der Waals surface area contributed by atoms with Crippen LogP contribution in [0, 0.1) is 0 Å². The molecule has 0 atom stereocenters. The number of nitrogens with zero attached hydrogens (tertiary/aromatic N) is 2. The maximum Gasteiger partial charge on any atom is 0.256 e. The van der Waals surface area contributed by atoms with E-state index in [1.54, 1.807) is 24.3 Å². The molecule has 0 radical (unpaired) electrons. The molecule has 0 unspecified atom stereocenters. The smallest absolute Gasteiger partial charge is 0.256 e. The summed E-state index contributed by atoms with van der Waals surface area (Å²) < 4.78 is 0.962. The number of fused-ring (bicyclic) bond motifs is 1. The zero-order chi connectivity index (χ0) is 24.4. The van der Waals surface area contributed by atoms with Gasteiger partial charge in [-0.25, -0.2) is 0 Å². The molecule has 0 bridgehead atoms. The highest BCUT2D eigenvalue weighted by atomic mass is 79.9. The van der Waals surface area contributed by atoms with Crippen molar-refractivity contribution >= 4 is 61.5 Å². The Morgan fingerprint density at radius 3 is 2.14 bits per heavy atom. The first-order valence-corrected chi connectivity index (χ1v) is 12.6. The summed E-state index contributed by atoms with van der Waals surface area (Å²) in [5.41, 5.74) is 3.09. The van der Waals surface area contributed by atoms with Crippen LogP contribution in [0.5, 0.6) is 0 Å². The number of carbonyl (C=O) groups is 2. The van der Waals surface area contributed by atoms with Crippen molar-refractivity contribution in [3.63, 3.8) is 0 Å². The second-order valence-corrected chi connectivity index (χ2v) is 9.72. The van der Waals surface area contributed by atoms with Crippen molar-refractivity contribution in [1.29, 1.82) is 0 Å². The number of halogens is 2. The fourth-order valence-electron chi connectivity index (χ4n) is 4.37. The molecule has 5 rings (SSSR count). The van der Waals surface area contributed by atoms with Gasteiger partial charge in [0.25, 0.3) is 11.8 Å². The average Bonchev–Trinajstić information content (AvgIpc) is 2.89. The van der Waals surface area contributed by atoms with E-state index < -0.39 is 0 Å². The van der Waals surface area contributed by atoms with Crippen LogP contribution in [0.2, 0.25) is 5.02 Å². The number of rotatable bonds is 4. The molecule has 4 aromatic rings. The van der Waals surface area contributed by atoms with E-state index in [-0.39, 0.29) is 11.8 Å². The van der Waals surface area contributed by atoms with Gasteiger partial charge in [0, 0.05) is 58.2 Å². The molecule has 0 aliphatic carbocycles. The number of carbonyl (C=O) groups excluding carboxylic acids is 2. The van der Waals surface area contributed by atoms with E-state index in [0.29, 0.717) is 29.2 Å². The molecule has 1 aliphatic heterocycles. The van der Waals surface area contributed by atoms with Gasteiger partial charge in [0.15, 0.2) is 0 Å². The summed E-state index contributed by atoms with van der Waals surface area (Å²) in [5, 5.41) is 5.54. The van der Waals surface area contributed by atoms with Gasteiger partial charge in [0.1, 0.15) is 0 Å². The Bertz CT molecular complexity index is 1380. The lowest BCUT2D eigenvalue weighted by Crippen LogP contribution is -2.48. The van der Waals surface area contributed by atoms with E-state index in [4.69, 9.17) is 11.6 Å². The van der Waals surface area contributed by atoms with Crippen LogP contribution in [0.3, 0.4) is 0 Å². The van der Waals surface area contributed by atoms with E-state index in [1.807, 2.05) is 65.6 Å². The molecule has 1 N–H and O–H groups in total. The lowest BCUT2D eigenvalue weighted by molar-refractivity contribution is 0.0746. The van der Waals surface area contributed by atoms with Crippen molar-refractivity contribution in [2.75, 3.05) is 36.4 Å². The zero-order valence-corrected chi connectivity index (χ0v) is 21.2. The van der Waals surface area contributed by atoms with Crippen LogP contribution in [0.25, 0.3) is 10.8 Å². The van der Waals surface area contributed by atoms with Crippen molar-refractivity contribution in [1.82, 2.24) is 4.90 Å². The first kappa shape index (κ1) is 23.4. The highest BCUT2D eigenvalue weighted by molar-refractivity contribution is 9.10. The Kier molecular flexibility index (Phi) is 6.75.